The first-order valence-electron chi connectivity index (χ1n) is 5.56. The molecule has 0 fully saturated rings. The summed E-state index contributed by atoms with van der Waals surface area (Å²) in [7, 11) is 3.25. The van der Waals surface area contributed by atoms with E-state index in [0.29, 0.717) is 17.1 Å². The third kappa shape index (κ3) is 1.79. The Bertz CT molecular complexity index is 675. The summed E-state index contributed by atoms with van der Waals surface area (Å²) in [4.78, 5) is 30.4. The van der Waals surface area contributed by atoms with Crippen molar-refractivity contribution in [3.8, 4) is 0 Å². The number of aromatic nitrogens is 4. The topological polar surface area (TPSA) is 72.7 Å². The maximum absolute atomic E-state index is 11.9. The molecule has 0 saturated heterocycles. The van der Waals surface area contributed by atoms with E-state index in [1.807, 2.05) is 7.05 Å². The van der Waals surface area contributed by atoms with Gasteiger partial charge in [0.2, 0.25) is 0 Å². The fourth-order valence-electron chi connectivity index (χ4n) is 1.82. The molecule has 0 amide bonds. The number of hydrogen-bond acceptors (Lipinski definition) is 3. The second-order valence-electron chi connectivity index (χ2n) is 4.68. The highest BCUT2D eigenvalue weighted by Gasteiger charge is 2.14. The third-order valence-electron chi connectivity index (χ3n) is 2.82. The first kappa shape index (κ1) is 11.6. The average Bonchev–Trinajstić information content (AvgIpc) is 2.54. The van der Waals surface area contributed by atoms with Crippen molar-refractivity contribution in [1.29, 1.82) is 0 Å². The molecule has 0 aliphatic rings. The van der Waals surface area contributed by atoms with Crippen LogP contribution >= 0.6 is 0 Å². The van der Waals surface area contributed by atoms with Crippen LogP contribution in [-0.2, 0) is 20.5 Å². The zero-order valence-corrected chi connectivity index (χ0v) is 10.4. The van der Waals surface area contributed by atoms with E-state index in [9.17, 15) is 9.59 Å². The minimum Gasteiger partial charge on any atom is -0.317 e. The fourth-order valence-corrected chi connectivity index (χ4v) is 1.82. The molecule has 0 aliphatic carbocycles. The lowest BCUT2D eigenvalue weighted by molar-refractivity contribution is 0.605. The number of aromatic amines is 1. The zero-order chi connectivity index (χ0) is 12.7. The van der Waals surface area contributed by atoms with Crippen molar-refractivity contribution in [2.24, 2.45) is 20.0 Å². The van der Waals surface area contributed by atoms with E-state index in [-0.39, 0.29) is 5.56 Å². The molecule has 2 heterocycles. The van der Waals surface area contributed by atoms with Gasteiger partial charge in [-0.05, 0) is 5.92 Å². The van der Waals surface area contributed by atoms with Gasteiger partial charge in [-0.3, -0.25) is 14.3 Å². The predicted octanol–water partition coefficient (Wildman–Crippen LogP) is 0.159. The summed E-state index contributed by atoms with van der Waals surface area (Å²) in [6, 6.07) is 0. The van der Waals surface area contributed by atoms with E-state index in [4.69, 9.17) is 0 Å². The summed E-state index contributed by atoms with van der Waals surface area (Å²) in [5.41, 5.74) is 0.0509. The van der Waals surface area contributed by atoms with E-state index in [1.165, 1.54) is 7.05 Å². The van der Waals surface area contributed by atoms with E-state index in [2.05, 4.69) is 23.8 Å². The lowest BCUT2D eigenvalue weighted by atomic mass is 10.1. The second-order valence-corrected chi connectivity index (χ2v) is 4.68. The van der Waals surface area contributed by atoms with Crippen LogP contribution in [0, 0.1) is 5.92 Å². The number of aryl methyl sites for hydroxylation is 1. The monoisotopic (exact) mass is 236 g/mol. The Labute approximate surface area is 97.9 Å². The molecule has 2 aromatic heterocycles. The highest BCUT2D eigenvalue weighted by molar-refractivity contribution is 5.69. The zero-order valence-electron chi connectivity index (χ0n) is 10.4. The summed E-state index contributed by atoms with van der Waals surface area (Å²) < 4.78 is 2.81. The number of nitrogens with one attached hydrogen (secondary N) is 1. The minimum atomic E-state index is -0.415. The van der Waals surface area contributed by atoms with E-state index >= 15 is 0 Å². The number of fused-ring (bicyclic) bond motifs is 1. The molecule has 6 nitrogen and oxygen atoms in total. The van der Waals surface area contributed by atoms with Crippen molar-refractivity contribution in [2.75, 3.05) is 0 Å². The van der Waals surface area contributed by atoms with Crippen LogP contribution in [0.15, 0.2) is 9.59 Å². The molecular formula is C11H16N4O2. The molecular weight excluding hydrogens is 220 g/mol. The number of H-pyrrole nitrogens is 1. The Hall–Kier alpha value is -1.85. The van der Waals surface area contributed by atoms with Crippen LogP contribution < -0.4 is 11.2 Å². The van der Waals surface area contributed by atoms with Gasteiger partial charge in [0.25, 0.3) is 5.56 Å². The molecule has 0 saturated carbocycles. The molecule has 0 bridgehead atoms. The van der Waals surface area contributed by atoms with Gasteiger partial charge in [0.05, 0.1) is 0 Å². The maximum Gasteiger partial charge on any atom is 0.329 e. The summed E-state index contributed by atoms with van der Waals surface area (Å²) in [6.45, 7) is 4.17. The van der Waals surface area contributed by atoms with Crippen molar-refractivity contribution in [1.82, 2.24) is 19.1 Å². The predicted molar refractivity (Wildman–Crippen MR) is 65.1 cm³/mol. The smallest absolute Gasteiger partial charge is 0.317 e. The van der Waals surface area contributed by atoms with E-state index in [0.717, 1.165) is 16.8 Å². The van der Waals surface area contributed by atoms with Crippen LogP contribution in [0.2, 0.25) is 0 Å². The maximum atomic E-state index is 11.9. The number of rotatable bonds is 2. The van der Waals surface area contributed by atoms with Gasteiger partial charge < -0.3 is 4.57 Å². The van der Waals surface area contributed by atoms with Gasteiger partial charge in [-0.15, -0.1) is 0 Å². The van der Waals surface area contributed by atoms with Crippen LogP contribution in [0.1, 0.15) is 19.7 Å². The molecule has 0 aromatic carbocycles. The van der Waals surface area contributed by atoms with Crippen molar-refractivity contribution in [3.63, 3.8) is 0 Å². The number of imidazole rings is 1. The standard InChI is InChI=1S/C11H16N4O2/c1-6(2)5-7-12-8-9(14(7)3)13-11(17)15(4)10(8)16/h6H,5H2,1-4H3,(H,13,17). The van der Waals surface area contributed by atoms with Crippen molar-refractivity contribution >= 4 is 11.2 Å². The van der Waals surface area contributed by atoms with Gasteiger partial charge in [-0.2, -0.15) is 0 Å². The summed E-state index contributed by atoms with van der Waals surface area (Å²) in [5, 5.41) is 0. The van der Waals surface area contributed by atoms with Crippen molar-refractivity contribution < 1.29 is 0 Å². The largest absolute Gasteiger partial charge is 0.329 e. The van der Waals surface area contributed by atoms with Gasteiger partial charge in [0, 0.05) is 20.5 Å². The molecule has 6 heteroatoms. The van der Waals surface area contributed by atoms with Crippen LogP contribution in [0.3, 0.4) is 0 Å². The SMILES string of the molecule is CC(C)Cc1nc2c(=O)n(C)c(=O)[nH]c2n1C. The van der Waals surface area contributed by atoms with E-state index < -0.39 is 5.69 Å². The van der Waals surface area contributed by atoms with Gasteiger partial charge in [-0.25, -0.2) is 9.78 Å². The first-order valence-corrected chi connectivity index (χ1v) is 5.56. The number of hydrogen-bond donors (Lipinski definition) is 1. The highest BCUT2D eigenvalue weighted by Crippen LogP contribution is 2.11. The lowest BCUT2D eigenvalue weighted by Gasteiger charge is -2.04. The lowest BCUT2D eigenvalue weighted by Crippen LogP contribution is -2.32. The molecule has 0 aliphatic heterocycles. The van der Waals surface area contributed by atoms with Crippen LogP contribution in [0.25, 0.3) is 11.2 Å². The average molecular weight is 236 g/mol. The summed E-state index contributed by atoms with van der Waals surface area (Å²) in [6.07, 6.45) is 0.774. The Kier molecular flexibility index (Phi) is 2.65. The van der Waals surface area contributed by atoms with Crippen molar-refractivity contribution in [2.45, 2.75) is 20.3 Å². The molecule has 2 aromatic rings. The Morgan fingerprint density at radius 3 is 2.47 bits per heavy atom. The fraction of sp³-hybridized carbons (Fsp3) is 0.545. The molecule has 0 radical (unpaired) electrons. The molecule has 17 heavy (non-hydrogen) atoms. The Morgan fingerprint density at radius 1 is 1.24 bits per heavy atom. The van der Waals surface area contributed by atoms with Crippen molar-refractivity contribution in [3.05, 3.63) is 26.7 Å². The van der Waals surface area contributed by atoms with Gasteiger partial charge >= 0.3 is 5.69 Å². The van der Waals surface area contributed by atoms with Crippen LogP contribution in [0.5, 0.6) is 0 Å². The Morgan fingerprint density at radius 2 is 1.88 bits per heavy atom. The quantitative estimate of drug-likeness (QED) is 0.807. The van der Waals surface area contributed by atoms with Crippen LogP contribution in [0.4, 0.5) is 0 Å². The Balaban J connectivity index is 2.79. The normalized spacial score (nSPS) is 11.6. The van der Waals surface area contributed by atoms with E-state index in [1.54, 1.807) is 4.57 Å². The molecule has 0 spiro atoms. The second kappa shape index (κ2) is 3.87. The third-order valence-corrected chi connectivity index (χ3v) is 2.82. The summed E-state index contributed by atoms with van der Waals surface area (Å²) in [5.74, 6) is 1.26. The highest BCUT2D eigenvalue weighted by atomic mass is 16.2. The first-order chi connectivity index (χ1) is 7.91. The van der Waals surface area contributed by atoms with Gasteiger partial charge in [0.1, 0.15) is 11.5 Å². The molecule has 2 rings (SSSR count). The summed E-state index contributed by atoms with van der Waals surface area (Å²) >= 11 is 0. The van der Waals surface area contributed by atoms with Gasteiger partial charge in [-0.1, -0.05) is 13.8 Å². The molecule has 1 N–H and O–H groups in total. The van der Waals surface area contributed by atoms with Crippen LogP contribution in [-0.4, -0.2) is 19.1 Å². The number of nitrogens with zero attached hydrogens (tertiary/aromatic N) is 3. The minimum absolute atomic E-state index is 0.324. The molecule has 0 atom stereocenters. The molecule has 92 valence electrons. The molecule has 0 unspecified atom stereocenters. The van der Waals surface area contributed by atoms with Gasteiger partial charge in [0.15, 0.2) is 5.52 Å².